The van der Waals surface area contributed by atoms with Crippen molar-refractivity contribution in [3.63, 3.8) is 0 Å². The molecule has 6 nitrogen and oxygen atoms in total. The number of thiophene rings is 1. The van der Waals surface area contributed by atoms with Gasteiger partial charge in [-0.3, -0.25) is 14.4 Å². The monoisotopic (exact) mass is 315 g/mol. The van der Waals surface area contributed by atoms with Crippen molar-refractivity contribution in [2.45, 2.75) is 12.2 Å². The Labute approximate surface area is 123 Å². The van der Waals surface area contributed by atoms with Gasteiger partial charge in [0.15, 0.2) is 0 Å². The van der Waals surface area contributed by atoms with Gasteiger partial charge in [-0.25, -0.2) is 0 Å². The van der Waals surface area contributed by atoms with Crippen LogP contribution in [0.3, 0.4) is 0 Å². The normalized spacial score (nSPS) is 13.6. The minimum atomic E-state index is -1.23. The van der Waals surface area contributed by atoms with E-state index in [2.05, 4.69) is 0 Å². The zero-order valence-electron chi connectivity index (χ0n) is 10.5. The third kappa shape index (κ3) is 3.51. The van der Waals surface area contributed by atoms with Gasteiger partial charge in [-0.15, -0.1) is 11.3 Å². The predicted octanol–water partition coefficient (Wildman–Crippen LogP) is 1.15. The number of carboxylic acid groups (broad SMARTS) is 2. The highest BCUT2D eigenvalue weighted by atomic mass is 32.2. The number of amides is 1. The molecule has 0 spiro atoms. The number of thioether (sulfide) groups is 1. The van der Waals surface area contributed by atoms with Crippen LogP contribution >= 0.6 is 23.1 Å². The Morgan fingerprint density at radius 2 is 1.85 bits per heavy atom. The van der Waals surface area contributed by atoms with E-state index in [1.807, 2.05) is 0 Å². The second-order valence-corrected chi connectivity index (χ2v) is 6.55. The summed E-state index contributed by atoms with van der Waals surface area (Å²) in [5.74, 6) is -1.13. The van der Waals surface area contributed by atoms with Crippen LogP contribution in [0.5, 0.6) is 0 Å². The molecule has 1 aromatic heterocycles. The first-order valence-electron chi connectivity index (χ1n) is 5.89. The van der Waals surface area contributed by atoms with Crippen molar-refractivity contribution in [2.75, 3.05) is 18.8 Å². The fraction of sp³-hybridized carbons (Fsp3) is 0.417. The van der Waals surface area contributed by atoms with E-state index in [9.17, 15) is 14.4 Å². The van der Waals surface area contributed by atoms with Gasteiger partial charge in [0.05, 0.1) is 4.88 Å². The average Bonchev–Trinajstić information content (AvgIpc) is 2.79. The minimum absolute atomic E-state index is 0.417. The lowest BCUT2D eigenvalue weighted by atomic mass is 10.2. The van der Waals surface area contributed by atoms with Crippen molar-refractivity contribution in [3.05, 3.63) is 21.4 Å². The highest BCUT2D eigenvalue weighted by Gasteiger charge is 2.24. The number of hydrogen-bond donors (Lipinski definition) is 2. The summed E-state index contributed by atoms with van der Waals surface area (Å²) in [6, 6.07) is 1.76. The van der Waals surface area contributed by atoms with Gasteiger partial charge in [0.25, 0.3) is 5.91 Å². The van der Waals surface area contributed by atoms with Crippen LogP contribution in [0.1, 0.15) is 20.1 Å². The number of hydrogen-bond acceptors (Lipinski definition) is 5. The fourth-order valence-corrected chi connectivity index (χ4v) is 4.27. The van der Waals surface area contributed by atoms with E-state index in [1.54, 1.807) is 17.8 Å². The van der Waals surface area contributed by atoms with Gasteiger partial charge >= 0.3 is 11.9 Å². The van der Waals surface area contributed by atoms with Crippen molar-refractivity contribution in [1.29, 1.82) is 0 Å². The molecule has 0 atom stereocenters. The summed E-state index contributed by atoms with van der Waals surface area (Å²) in [7, 11) is 0. The molecule has 1 aliphatic heterocycles. The molecule has 0 aliphatic carbocycles. The maximum atomic E-state index is 12.2. The number of nitrogens with zero attached hydrogens (tertiary/aromatic N) is 1. The molecule has 20 heavy (non-hydrogen) atoms. The lowest BCUT2D eigenvalue weighted by molar-refractivity contribution is -0.140. The van der Waals surface area contributed by atoms with E-state index in [0.717, 1.165) is 33.3 Å². The molecule has 1 amide bonds. The van der Waals surface area contributed by atoms with E-state index in [-0.39, 0.29) is 0 Å². The van der Waals surface area contributed by atoms with Crippen molar-refractivity contribution >= 4 is 40.9 Å². The molecule has 0 saturated carbocycles. The summed E-state index contributed by atoms with van der Waals surface area (Å²) in [5.41, 5.74) is 1.10. The van der Waals surface area contributed by atoms with E-state index < -0.39 is 30.9 Å². The number of aliphatic carboxylic acids is 2. The van der Waals surface area contributed by atoms with E-state index >= 15 is 0 Å². The molecule has 2 rings (SSSR count). The SMILES string of the molecule is O=C(O)CN(CC(=O)O)C(=O)c1cc2c(s1)CCSC2. The maximum absolute atomic E-state index is 12.2. The number of fused-ring (bicyclic) bond motifs is 1. The van der Waals surface area contributed by atoms with E-state index in [1.165, 1.54) is 11.3 Å². The van der Waals surface area contributed by atoms with Crippen LogP contribution in [0, 0.1) is 0 Å². The first-order valence-corrected chi connectivity index (χ1v) is 7.86. The van der Waals surface area contributed by atoms with Gasteiger partial charge in [0.2, 0.25) is 0 Å². The average molecular weight is 315 g/mol. The summed E-state index contributed by atoms with van der Waals surface area (Å²) in [4.78, 5) is 36.1. The molecule has 0 aromatic carbocycles. The Balaban J connectivity index is 2.19. The van der Waals surface area contributed by atoms with Gasteiger partial charge in [0, 0.05) is 10.6 Å². The molecule has 0 radical (unpaired) electrons. The van der Waals surface area contributed by atoms with Crippen molar-refractivity contribution in [1.82, 2.24) is 4.90 Å². The predicted molar refractivity (Wildman–Crippen MR) is 75.4 cm³/mol. The quantitative estimate of drug-likeness (QED) is 0.846. The third-order valence-electron chi connectivity index (χ3n) is 2.78. The molecule has 0 unspecified atom stereocenters. The van der Waals surface area contributed by atoms with Crippen LogP contribution < -0.4 is 0 Å². The molecule has 1 aromatic rings. The Kier molecular flexibility index (Phi) is 4.66. The Hall–Kier alpha value is -1.54. The van der Waals surface area contributed by atoms with E-state index in [4.69, 9.17) is 10.2 Å². The molecule has 0 bridgehead atoms. The van der Waals surface area contributed by atoms with E-state index in [0.29, 0.717) is 4.88 Å². The Morgan fingerprint density at radius 1 is 1.20 bits per heavy atom. The Morgan fingerprint density at radius 3 is 2.40 bits per heavy atom. The van der Waals surface area contributed by atoms with Crippen molar-refractivity contribution in [2.24, 2.45) is 0 Å². The first-order chi connectivity index (χ1) is 9.47. The van der Waals surface area contributed by atoms with Gasteiger partial charge in [-0.1, -0.05) is 0 Å². The summed E-state index contributed by atoms with van der Waals surface area (Å²) >= 11 is 3.12. The molecule has 1 aliphatic rings. The number of carboxylic acids is 2. The number of carbonyl (C=O) groups excluding carboxylic acids is 1. The standard InChI is InChI=1S/C12H13NO5S2/c14-10(15)4-13(5-11(16)17)12(18)9-3-7-6-19-2-1-8(7)20-9/h3H,1-2,4-6H2,(H,14,15)(H,16,17). The molecule has 108 valence electrons. The third-order valence-corrected chi connectivity index (χ3v) is 5.01. The molecule has 2 heterocycles. The van der Waals surface area contributed by atoms with Crippen molar-refractivity contribution < 1.29 is 24.6 Å². The number of aryl methyl sites for hydroxylation is 1. The lowest BCUT2D eigenvalue weighted by Gasteiger charge is -2.17. The highest BCUT2D eigenvalue weighted by molar-refractivity contribution is 7.98. The van der Waals surface area contributed by atoms with Gasteiger partial charge in [0.1, 0.15) is 13.1 Å². The topological polar surface area (TPSA) is 94.9 Å². The second kappa shape index (κ2) is 6.27. The molecular formula is C12H13NO5S2. The first kappa shape index (κ1) is 14.9. The summed E-state index contributed by atoms with van der Waals surface area (Å²) < 4.78 is 0. The van der Waals surface area contributed by atoms with Crippen LogP contribution in [0.2, 0.25) is 0 Å². The lowest BCUT2D eigenvalue weighted by Crippen LogP contribution is -2.39. The smallest absolute Gasteiger partial charge is 0.323 e. The van der Waals surface area contributed by atoms with Crippen molar-refractivity contribution in [3.8, 4) is 0 Å². The fourth-order valence-electron chi connectivity index (χ4n) is 1.93. The molecule has 0 saturated heterocycles. The zero-order valence-corrected chi connectivity index (χ0v) is 12.1. The van der Waals surface area contributed by atoms with Gasteiger partial charge in [-0.05, 0) is 23.8 Å². The van der Waals surface area contributed by atoms with Crippen LogP contribution in [-0.2, 0) is 21.8 Å². The van der Waals surface area contributed by atoms with Crippen LogP contribution in [0.25, 0.3) is 0 Å². The number of carbonyl (C=O) groups is 3. The maximum Gasteiger partial charge on any atom is 0.323 e. The zero-order chi connectivity index (χ0) is 14.7. The highest BCUT2D eigenvalue weighted by Crippen LogP contribution is 2.32. The van der Waals surface area contributed by atoms with Gasteiger partial charge < -0.3 is 15.1 Å². The second-order valence-electron chi connectivity index (χ2n) is 4.31. The van der Waals surface area contributed by atoms with Gasteiger partial charge in [-0.2, -0.15) is 11.8 Å². The molecule has 0 fully saturated rings. The summed E-state index contributed by atoms with van der Waals surface area (Å²) in [6.45, 7) is -1.22. The minimum Gasteiger partial charge on any atom is -0.480 e. The molecule has 2 N–H and O–H groups in total. The number of rotatable bonds is 5. The Bertz CT molecular complexity index is 515. The van der Waals surface area contributed by atoms with Crippen LogP contribution in [-0.4, -0.2) is 51.8 Å². The molecule has 8 heteroatoms. The summed E-state index contributed by atoms with van der Waals surface area (Å²) in [5, 5.41) is 17.5. The van der Waals surface area contributed by atoms with Crippen LogP contribution in [0.15, 0.2) is 6.07 Å². The van der Waals surface area contributed by atoms with Crippen LogP contribution in [0.4, 0.5) is 0 Å². The molecular weight excluding hydrogens is 302 g/mol. The summed E-state index contributed by atoms with van der Waals surface area (Å²) in [6.07, 6.45) is 0.899. The largest absolute Gasteiger partial charge is 0.480 e.